The highest BCUT2D eigenvalue weighted by atomic mass is 16.5. The van der Waals surface area contributed by atoms with Gasteiger partial charge in [0.15, 0.2) is 6.10 Å². The zero-order valence-electron chi connectivity index (χ0n) is 19.1. The van der Waals surface area contributed by atoms with Crippen LogP contribution in [0.3, 0.4) is 0 Å². The molecule has 6 rings (SSSR count). The van der Waals surface area contributed by atoms with Crippen LogP contribution in [-0.4, -0.2) is 13.7 Å². The Morgan fingerprint density at radius 2 is 1.47 bits per heavy atom. The number of hydrogen-bond donors (Lipinski definition) is 0. The zero-order chi connectivity index (χ0) is 23.6. The van der Waals surface area contributed by atoms with Crippen LogP contribution < -0.4 is 16.0 Å². The molecule has 3 aromatic carbocycles. The van der Waals surface area contributed by atoms with Crippen molar-refractivity contribution in [2.75, 3.05) is 0 Å². The molecule has 5 aromatic rings. The summed E-state index contributed by atoms with van der Waals surface area (Å²) in [5.74, 6) is 0.723. The largest absolute Gasteiger partial charge is 0.477 e. The maximum absolute atomic E-state index is 13.7. The van der Waals surface area contributed by atoms with Gasteiger partial charge in [0.1, 0.15) is 5.75 Å². The molecule has 2 aromatic heterocycles. The van der Waals surface area contributed by atoms with E-state index >= 15 is 0 Å². The summed E-state index contributed by atoms with van der Waals surface area (Å²) in [5.41, 5.74) is 5.23. The molecule has 0 aliphatic carbocycles. The van der Waals surface area contributed by atoms with Gasteiger partial charge in [-0.25, -0.2) is 4.79 Å². The van der Waals surface area contributed by atoms with Gasteiger partial charge in [-0.3, -0.25) is 13.9 Å². The van der Waals surface area contributed by atoms with E-state index in [2.05, 4.69) is 4.57 Å². The van der Waals surface area contributed by atoms with Crippen LogP contribution in [0, 0.1) is 6.92 Å². The molecule has 0 bridgehead atoms. The van der Waals surface area contributed by atoms with Gasteiger partial charge in [0.25, 0.3) is 5.56 Å². The van der Waals surface area contributed by atoms with Crippen LogP contribution in [-0.2, 0) is 14.1 Å². The molecule has 0 spiro atoms. The van der Waals surface area contributed by atoms with Crippen molar-refractivity contribution in [3.63, 3.8) is 0 Å². The standard InChI is InChI=1S/C28H23N3O3/c1-17-11-7-8-14-19(17)23-22-24(29(2)28(33)30(3)27(22)32)25-26(18-12-5-4-6-13-18)34-21-16-10-9-15-20(21)31(23)25/h4-16,26H,1-3H3/t26-/m1/s1. The monoisotopic (exact) mass is 449 g/mol. The summed E-state index contributed by atoms with van der Waals surface area (Å²) in [6, 6.07) is 25.8. The number of aromatic nitrogens is 3. The summed E-state index contributed by atoms with van der Waals surface area (Å²) < 4.78 is 11.4. The number of benzene rings is 3. The van der Waals surface area contributed by atoms with Gasteiger partial charge in [-0.05, 0) is 30.2 Å². The number of aryl methyl sites for hydroxylation is 2. The van der Waals surface area contributed by atoms with E-state index in [0.717, 1.165) is 39.5 Å². The molecule has 6 heteroatoms. The van der Waals surface area contributed by atoms with Crippen LogP contribution in [0.4, 0.5) is 0 Å². The molecule has 0 amide bonds. The number of rotatable bonds is 2. The van der Waals surface area contributed by atoms with Crippen molar-refractivity contribution >= 4 is 10.9 Å². The van der Waals surface area contributed by atoms with E-state index in [0.29, 0.717) is 10.9 Å². The average molecular weight is 450 g/mol. The Labute approximate surface area is 195 Å². The topological polar surface area (TPSA) is 58.2 Å². The van der Waals surface area contributed by atoms with Crippen molar-refractivity contribution in [2.24, 2.45) is 14.1 Å². The smallest absolute Gasteiger partial charge is 0.331 e. The second kappa shape index (κ2) is 7.35. The highest BCUT2D eigenvalue weighted by molar-refractivity contribution is 5.98. The molecular weight excluding hydrogens is 426 g/mol. The Morgan fingerprint density at radius 3 is 2.24 bits per heavy atom. The lowest BCUT2D eigenvalue weighted by atomic mass is 10.0. The maximum Gasteiger partial charge on any atom is 0.331 e. The lowest BCUT2D eigenvalue weighted by Gasteiger charge is -2.30. The number of ether oxygens (including phenoxy) is 1. The fourth-order valence-electron chi connectivity index (χ4n) is 5.06. The first-order valence-corrected chi connectivity index (χ1v) is 11.2. The summed E-state index contributed by atoms with van der Waals surface area (Å²) in [6.45, 7) is 2.04. The molecule has 0 radical (unpaired) electrons. The minimum atomic E-state index is -0.492. The van der Waals surface area contributed by atoms with Crippen LogP contribution in [0.25, 0.3) is 27.8 Å². The van der Waals surface area contributed by atoms with Crippen LogP contribution >= 0.6 is 0 Å². The fraction of sp³-hybridized carbons (Fsp3) is 0.143. The predicted octanol–water partition coefficient (Wildman–Crippen LogP) is 4.49. The molecule has 168 valence electrons. The number of para-hydroxylation sites is 2. The van der Waals surface area contributed by atoms with Crippen LogP contribution in [0.2, 0.25) is 0 Å². The first-order valence-electron chi connectivity index (χ1n) is 11.2. The van der Waals surface area contributed by atoms with Crippen molar-refractivity contribution in [3.05, 3.63) is 117 Å². The van der Waals surface area contributed by atoms with Crippen LogP contribution in [0.15, 0.2) is 88.5 Å². The molecule has 0 saturated heterocycles. The van der Waals surface area contributed by atoms with Crippen molar-refractivity contribution in [2.45, 2.75) is 13.0 Å². The van der Waals surface area contributed by atoms with Gasteiger partial charge in [-0.15, -0.1) is 0 Å². The molecule has 1 aliphatic heterocycles. The number of nitrogens with zero attached hydrogens (tertiary/aromatic N) is 3. The van der Waals surface area contributed by atoms with Gasteiger partial charge < -0.3 is 9.30 Å². The predicted molar refractivity (Wildman–Crippen MR) is 133 cm³/mol. The van der Waals surface area contributed by atoms with Crippen molar-refractivity contribution in [1.29, 1.82) is 0 Å². The molecular formula is C28H23N3O3. The molecule has 0 fully saturated rings. The average Bonchev–Trinajstić information content (AvgIpc) is 3.23. The Bertz CT molecular complexity index is 1710. The van der Waals surface area contributed by atoms with E-state index in [-0.39, 0.29) is 11.2 Å². The maximum atomic E-state index is 13.7. The Hall–Kier alpha value is -4.32. The van der Waals surface area contributed by atoms with Gasteiger partial charge in [0.05, 0.1) is 28.0 Å². The second-order valence-corrected chi connectivity index (χ2v) is 8.69. The quantitative estimate of drug-likeness (QED) is 0.399. The van der Waals surface area contributed by atoms with Crippen molar-refractivity contribution in [3.8, 4) is 22.7 Å². The molecule has 0 unspecified atom stereocenters. The summed E-state index contributed by atoms with van der Waals surface area (Å²) >= 11 is 0. The molecule has 6 nitrogen and oxygen atoms in total. The Kier molecular flexibility index (Phi) is 4.39. The first kappa shape index (κ1) is 20.3. The van der Waals surface area contributed by atoms with E-state index in [1.54, 1.807) is 11.6 Å². The number of hydrogen-bond acceptors (Lipinski definition) is 3. The lowest BCUT2D eigenvalue weighted by Crippen LogP contribution is -2.37. The van der Waals surface area contributed by atoms with Gasteiger partial charge in [-0.1, -0.05) is 66.7 Å². The third-order valence-corrected chi connectivity index (χ3v) is 6.71. The molecule has 0 saturated carbocycles. The molecule has 3 heterocycles. The minimum absolute atomic E-state index is 0.317. The summed E-state index contributed by atoms with van der Waals surface area (Å²) in [6.07, 6.45) is -0.492. The molecule has 1 atom stereocenters. The zero-order valence-corrected chi connectivity index (χ0v) is 19.1. The van der Waals surface area contributed by atoms with Crippen LogP contribution in [0.1, 0.15) is 22.9 Å². The van der Waals surface area contributed by atoms with Crippen molar-refractivity contribution < 1.29 is 4.74 Å². The van der Waals surface area contributed by atoms with E-state index in [4.69, 9.17) is 4.74 Å². The summed E-state index contributed by atoms with van der Waals surface area (Å²) in [7, 11) is 3.25. The molecule has 34 heavy (non-hydrogen) atoms. The number of fused-ring (bicyclic) bond motifs is 5. The van der Waals surface area contributed by atoms with Crippen molar-refractivity contribution in [1.82, 2.24) is 13.7 Å². The van der Waals surface area contributed by atoms with Crippen LogP contribution in [0.5, 0.6) is 5.75 Å². The third-order valence-electron chi connectivity index (χ3n) is 6.71. The first-order chi connectivity index (χ1) is 16.5. The SMILES string of the molecule is Cc1ccccc1-c1c2c(=O)n(C)c(=O)n(C)c2c2n1-c1ccccc1O[C@@H]2c1ccccc1. The molecule has 1 aliphatic rings. The summed E-state index contributed by atoms with van der Waals surface area (Å²) in [5, 5.41) is 0.509. The molecule has 0 N–H and O–H groups in total. The van der Waals surface area contributed by atoms with Gasteiger partial charge in [0.2, 0.25) is 0 Å². The van der Waals surface area contributed by atoms with Gasteiger partial charge in [0, 0.05) is 19.7 Å². The normalized spacial score (nSPS) is 14.5. The van der Waals surface area contributed by atoms with E-state index in [9.17, 15) is 9.59 Å². The highest BCUT2D eigenvalue weighted by Gasteiger charge is 2.36. The second-order valence-electron chi connectivity index (χ2n) is 8.69. The van der Waals surface area contributed by atoms with Gasteiger partial charge >= 0.3 is 5.69 Å². The lowest BCUT2D eigenvalue weighted by molar-refractivity contribution is 0.229. The highest BCUT2D eigenvalue weighted by Crippen LogP contribution is 2.46. The fourth-order valence-corrected chi connectivity index (χ4v) is 5.06. The van der Waals surface area contributed by atoms with E-state index in [1.165, 1.54) is 11.6 Å². The van der Waals surface area contributed by atoms with E-state index < -0.39 is 6.10 Å². The Balaban J connectivity index is 1.90. The third kappa shape index (κ3) is 2.68. The van der Waals surface area contributed by atoms with E-state index in [1.807, 2.05) is 85.8 Å². The van der Waals surface area contributed by atoms with Gasteiger partial charge in [-0.2, -0.15) is 0 Å². The minimum Gasteiger partial charge on any atom is -0.477 e. The Morgan fingerprint density at radius 1 is 0.794 bits per heavy atom. The summed E-state index contributed by atoms with van der Waals surface area (Å²) in [4.78, 5) is 26.7.